The van der Waals surface area contributed by atoms with Crippen molar-refractivity contribution in [3.8, 4) is 0 Å². The Labute approximate surface area is 102 Å². The monoisotopic (exact) mass is 242 g/mol. The van der Waals surface area contributed by atoms with Crippen LogP contribution < -0.4 is 0 Å². The molecular weight excluding hydrogens is 220 g/mol. The van der Waals surface area contributed by atoms with Gasteiger partial charge in [0.05, 0.1) is 16.3 Å². The molecule has 0 amide bonds. The van der Waals surface area contributed by atoms with Crippen molar-refractivity contribution in [1.29, 1.82) is 0 Å². The van der Waals surface area contributed by atoms with Crippen LogP contribution in [-0.4, -0.2) is 34.2 Å². The van der Waals surface area contributed by atoms with E-state index in [1.807, 2.05) is 27.8 Å². The maximum Gasteiger partial charge on any atom is 0.0897 e. The van der Waals surface area contributed by atoms with Crippen LogP contribution in [0.4, 0.5) is 0 Å². The van der Waals surface area contributed by atoms with Gasteiger partial charge in [0, 0.05) is 18.5 Å². The highest BCUT2D eigenvalue weighted by molar-refractivity contribution is 7.09. The van der Waals surface area contributed by atoms with E-state index in [1.165, 1.54) is 0 Å². The molecule has 1 N–H and O–H groups in total. The van der Waals surface area contributed by atoms with E-state index in [9.17, 15) is 5.11 Å². The minimum atomic E-state index is -0.556. The van der Waals surface area contributed by atoms with Gasteiger partial charge in [-0.15, -0.1) is 11.3 Å². The molecule has 0 aliphatic heterocycles. The maximum absolute atomic E-state index is 10.2. The number of rotatable bonds is 6. The van der Waals surface area contributed by atoms with Crippen LogP contribution in [0.1, 0.15) is 37.4 Å². The summed E-state index contributed by atoms with van der Waals surface area (Å²) in [4.78, 5) is 6.57. The maximum atomic E-state index is 10.2. The van der Waals surface area contributed by atoms with Crippen LogP contribution in [0.25, 0.3) is 0 Å². The Kier molecular flexibility index (Phi) is 4.89. The van der Waals surface area contributed by atoms with Gasteiger partial charge >= 0.3 is 0 Å². The Morgan fingerprint density at radius 2 is 2.06 bits per heavy atom. The van der Waals surface area contributed by atoms with E-state index in [4.69, 9.17) is 0 Å². The molecule has 0 saturated carbocycles. The van der Waals surface area contributed by atoms with Gasteiger partial charge in [0.2, 0.25) is 0 Å². The topological polar surface area (TPSA) is 36.4 Å². The van der Waals surface area contributed by atoms with Gasteiger partial charge in [-0.1, -0.05) is 13.8 Å². The van der Waals surface area contributed by atoms with Crippen molar-refractivity contribution < 1.29 is 5.11 Å². The standard InChI is InChI=1S/C12H22N2OS/c1-5-12(15,6-2)9-14(4)7-11-8-16-10(3)13-11/h8,15H,5-7,9H2,1-4H3. The second kappa shape index (κ2) is 5.75. The summed E-state index contributed by atoms with van der Waals surface area (Å²) in [6.45, 7) is 7.60. The fourth-order valence-corrected chi connectivity index (χ4v) is 2.39. The molecule has 1 aromatic heterocycles. The minimum Gasteiger partial charge on any atom is -0.389 e. The first-order valence-electron chi connectivity index (χ1n) is 5.81. The third-order valence-corrected chi connectivity index (χ3v) is 3.80. The van der Waals surface area contributed by atoms with Crippen LogP contribution in [0, 0.1) is 6.92 Å². The zero-order chi connectivity index (χ0) is 12.2. The molecular formula is C12H22N2OS. The molecule has 16 heavy (non-hydrogen) atoms. The van der Waals surface area contributed by atoms with Crippen LogP contribution in [0.15, 0.2) is 5.38 Å². The molecule has 0 radical (unpaired) electrons. The van der Waals surface area contributed by atoms with Crippen molar-refractivity contribution in [3.63, 3.8) is 0 Å². The minimum absolute atomic E-state index is 0.556. The highest BCUT2D eigenvalue weighted by Crippen LogP contribution is 2.17. The Balaban J connectivity index is 2.50. The second-order valence-electron chi connectivity index (χ2n) is 4.46. The first-order chi connectivity index (χ1) is 7.49. The molecule has 0 bridgehead atoms. The van der Waals surface area contributed by atoms with Crippen LogP contribution >= 0.6 is 11.3 Å². The lowest BCUT2D eigenvalue weighted by molar-refractivity contribution is 0.00110. The molecule has 0 aromatic carbocycles. The summed E-state index contributed by atoms with van der Waals surface area (Å²) in [5.74, 6) is 0. The highest BCUT2D eigenvalue weighted by Gasteiger charge is 2.24. The number of nitrogens with zero attached hydrogens (tertiary/aromatic N) is 2. The van der Waals surface area contributed by atoms with E-state index in [0.717, 1.165) is 30.1 Å². The van der Waals surface area contributed by atoms with E-state index in [1.54, 1.807) is 11.3 Å². The number of hydrogen-bond donors (Lipinski definition) is 1. The lowest BCUT2D eigenvalue weighted by atomic mass is 9.97. The molecule has 1 heterocycles. The third kappa shape index (κ3) is 3.85. The molecule has 0 spiro atoms. The zero-order valence-corrected chi connectivity index (χ0v) is 11.5. The van der Waals surface area contributed by atoms with E-state index in [0.29, 0.717) is 6.54 Å². The van der Waals surface area contributed by atoms with Crippen molar-refractivity contribution in [2.75, 3.05) is 13.6 Å². The number of hydrogen-bond acceptors (Lipinski definition) is 4. The molecule has 1 rings (SSSR count). The normalized spacial score (nSPS) is 12.4. The van der Waals surface area contributed by atoms with Gasteiger partial charge < -0.3 is 5.11 Å². The quantitative estimate of drug-likeness (QED) is 0.832. The fourth-order valence-electron chi connectivity index (χ4n) is 1.79. The van der Waals surface area contributed by atoms with Gasteiger partial charge in [0.15, 0.2) is 0 Å². The Morgan fingerprint density at radius 1 is 1.44 bits per heavy atom. The van der Waals surface area contributed by atoms with E-state index >= 15 is 0 Å². The summed E-state index contributed by atoms with van der Waals surface area (Å²) in [5, 5.41) is 13.4. The molecule has 1 aromatic rings. The Bertz CT molecular complexity index is 321. The van der Waals surface area contributed by atoms with Gasteiger partial charge in [-0.3, -0.25) is 4.90 Å². The first-order valence-corrected chi connectivity index (χ1v) is 6.69. The largest absolute Gasteiger partial charge is 0.389 e. The Morgan fingerprint density at radius 3 is 2.50 bits per heavy atom. The first kappa shape index (κ1) is 13.6. The molecule has 3 nitrogen and oxygen atoms in total. The molecule has 0 saturated heterocycles. The van der Waals surface area contributed by atoms with Crippen molar-refractivity contribution in [2.24, 2.45) is 0 Å². The molecule has 0 aliphatic carbocycles. The summed E-state index contributed by atoms with van der Waals surface area (Å²) in [5.41, 5.74) is 0.541. The fraction of sp³-hybridized carbons (Fsp3) is 0.750. The van der Waals surface area contributed by atoms with Crippen LogP contribution in [0.2, 0.25) is 0 Å². The van der Waals surface area contributed by atoms with Crippen molar-refractivity contribution in [2.45, 2.75) is 45.8 Å². The summed E-state index contributed by atoms with van der Waals surface area (Å²) in [7, 11) is 2.03. The summed E-state index contributed by atoms with van der Waals surface area (Å²) in [6, 6.07) is 0. The average Bonchev–Trinajstić information content (AvgIpc) is 2.63. The Hall–Kier alpha value is -0.450. The predicted molar refractivity (Wildman–Crippen MR) is 68.7 cm³/mol. The molecule has 4 heteroatoms. The van der Waals surface area contributed by atoms with Crippen LogP contribution in [0.5, 0.6) is 0 Å². The van der Waals surface area contributed by atoms with E-state index in [2.05, 4.69) is 15.3 Å². The average molecular weight is 242 g/mol. The van der Waals surface area contributed by atoms with Gasteiger partial charge in [0.25, 0.3) is 0 Å². The lowest BCUT2D eigenvalue weighted by Crippen LogP contribution is -2.40. The number of aliphatic hydroxyl groups is 1. The second-order valence-corrected chi connectivity index (χ2v) is 5.52. The third-order valence-electron chi connectivity index (χ3n) is 2.98. The zero-order valence-electron chi connectivity index (χ0n) is 10.7. The van der Waals surface area contributed by atoms with Crippen molar-refractivity contribution in [3.05, 3.63) is 16.1 Å². The highest BCUT2D eigenvalue weighted by atomic mass is 32.1. The van der Waals surface area contributed by atoms with Gasteiger partial charge in [-0.05, 0) is 26.8 Å². The molecule has 0 fully saturated rings. The van der Waals surface area contributed by atoms with E-state index < -0.39 is 5.60 Å². The molecule has 92 valence electrons. The molecule has 0 aliphatic rings. The number of thiazole rings is 1. The number of aryl methyl sites for hydroxylation is 1. The van der Waals surface area contributed by atoms with Gasteiger partial charge in [-0.25, -0.2) is 4.98 Å². The van der Waals surface area contributed by atoms with Crippen LogP contribution in [-0.2, 0) is 6.54 Å². The smallest absolute Gasteiger partial charge is 0.0897 e. The van der Waals surface area contributed by atoms with Gasteiger partial charge in [-0.2, -0.15) is 0 Å². The van der Waals surface area contributed by atoms with E-state index in [-0.39, 0.29) is 0 Å². The summed E-state index contributed by atoms with van der Waals surface area (Å²) in [6.07, 6.45) is 1.59. The van der Waals surface area contributed by atoms with Gasteiger partial charge in [0.1, 0.15) is 0 Å². The van der Waals surface area contributed by atoms with Crippen LogP contribution in [0.3, 0.4) is 0 Å². The molecule has 0 unspecified atom stereocenters. The lowest BCUT2D eigenvalue weighted by Gasteiger charge is -2.30. The number of aromatic nitrogens is 1. The van der Waals surface area contributed by atoms with Crippen molar-refractivity contribution in [1.82, 2.24) is 9.88 Å². The number of likely N-dealkylation sites (N-methyl/N-ethyl adjacent to an activating group) is 1. The SMILES string of the molecule is CCC(O)(CC)CN(C)Cc1csc(C)n1. The molecule has 0 atom stereocenters. The summed E-state index contributed by atoms with van der Waals surface area (Å²) < 4.78 is 0. The van der Waals surface area contributed by atoms with Crippen molar-refractivity contribution >= 4 is 11.3 Å². The predicted octanol–water partition coefficient (Wildman–Crippen LogP) is 2.43. The summed E-state index contributed by atoms with van der Waals surface area (Å²) >= 11 is 1.68.